The number of nitrogens with one attached hydrogen (secondary N) is 2. The summed E-state index contributed by atoms with van der Waals surface area (Å²) in [5.74, 6) is -1.92. The first-order valence-electron chi connectivity index (χ1n) is 7.99. The number of carbonyl (C=O) groups is 3. The molecule has 0 saturated carbocycles. The summed E-state index contributed by atoms with van der Waals surface area (Å²) in [4.78, 5) is 39.6. The molecule has 2 aromatic carbocycles. The number of pyridine rings is 1. The maximum absolute atomic E-state index is 12.3. The van der Waals surface area contributed by atoms with Crippen LogP contribution in [0.25, 0.3) is 0 Å². The number of aromatic carboxylic acids is 1. The Hall–Kier alpha value is -4.00. The molecule has 0 fully saturated rings. The van der Waals surface area contributed by atoms with Gasteiger partial charge >= 0.3 is 0 Å². The van der Waals surface area contributed by atoms with Crippen LogP contribution in [0.15, 0.2) is 72.9 Å². The third kappa shape index (κ3) is 4.35. The van der Waals surface area contributed by atoms with Gasteiger partial charge in [0.25, 0.3) is 11.8 Å². The van der Waals surface area contributed by atoms with Crippen LogP contribution in [-0.2, 0) is 0 Å². The van der Waals surface area contributed by atoms with Crippen LogP contribution in [0.3, 0.4) is 0 Å². The predicted molar refractivity (Wildman–Crippen MR) is 97.4 cm³/mol. The molecule has 0 aliphatic rings. The number of hydrogen-bond donors (Lipinski definition) is 2. The summed E-state index contributed by atoms with van der Waals surface area (Å²) in [6, 6.07) is 17.1. The van der Waals surface area contributed by atoms with E-state index in [9.17, 15) is 19.5 Å². The highest BCUT2D eigenvalue weighted by atomic mass is 16.4. The normalized spacial score (nSPS) is 10.1. The molecule has 3 rings (SSSR count). The van der Waals surface area contributed by atoms with Crippen molar-refractivity contribution in [2.45, 2.75) is 0 Å². The Morgan fingerprint density at radius 2 is 1.41 bits per heavy atom. The molecular weight excluding hydrogens is 346 g/mol. The summed E-state index contributed by atoms with van der Waals surface area (Å²) >= 11 is 0. The Labute approximate surface area is 154 Å². The van der Waals surface area contributed by atoms with Crippen LogP contribution in [-0.4, -0.2) is 22.8 Å². The molecule has 2 amide bonds. The highest BCUT2D eigenvalue weighted by Crippen LogP contribution is 2.15. The first-order valence-corrected chi connectivity index (χ1v) is 7.99. The zero-order valence-electron chi connectivity index (χ0n) is 14.0. The molecule has 7 nitrogen and oxygen atoms in total. The molecule has 3 aromatic rings. The van der Waals surface area contributed by atoms with Crippen molar-refractivity contribution < 1.29 is 19.5 Å². The molecule has 2 N–H and O–H groups in total. The number of carbonyl (C=O) groups excluding carboxylic acids is 3. The number of aromatic nitrogens is 1. The Kier molecular flexibility index (Phi) is 5.22. The molecule has 1 heterocycles. The summed E-state index contributed by atoms with van der Waals surface area (Å²) in [7, 11) is 0. The average molecular weight is 360 g/mol. The molecule has 0 saturated heterocycles. The maximum atomic E-state index is 12.3. The smallest absolute Gasteiger partial charge is 0.256 e. The first-order chi connectivity index (χ1) is 13.0. The Morgan fingerprint density at radius 3 is 2.04 bits per heavy atom. The molecule has 27 heavy (non-hydrogen) atoms. The fourth-order valence-corrected chi connectivity index (χ4v) is 2.39. The van der Waals surface area contributed by atoms with Crippen molar-refractivity contribution in [3.63, 3.8) is 0 Å². The minimum Gasteiger partial charge on any atom is -0.545 e. The van der Waals surface area contributed by atoms with Gasteiger partial charge in [-0.1, -0.05) is 24.3 Å². The highest BCUT2D eigenvalue weighted by Gasteiger charge is 2.12. The van der Waals surface area contributed by atoms with E-state index in [1.165, 1.54) is 18.2 Å². The first kappa shape index (κ1) is 17.8. The van der Waals surface area contributed by atoms with Crippen LogP contribution in [0.5, 0.6) is 0 Å². The van der Waals surface area contributed by atoms with E-state index in [0.717, 1.165) is 0 Å². The molecule has 0 spiro atoms. The number of carboxylic acids is 1. The van der Waals surface area contributed by atoms with Crippen LogP contribution in [0.1, 0.15) is 31.1 Å². The van der Waals surface area contributed by atoms with Crippen molar-refractivity contribution >= 4 is 29.3 Å². The molecular formula is C20H14N3O4-. The molecule has 0 radical (unpaired) electrons. The monoisotopic (exact) mass is 360 g/mol. The molecule has 1 aromatic heterocycles. The van der Waals surface area contributed by atoms with Crippen LogP contribution in [0, 0.1) is 0 Å². The van der Waals surface area contributed by atoms with Crippen LogP contribution in [0.2, 0.25) is 0 Å². The topological polar surface area (TPSA) is 111 Å². The lowest BCUT2D eigenvalue weighted by Gasteiger charge is -2.11. The Bertz CT molecular complexity index is 986. The second-order valence-corrected chi connectivity index (χ2v) is 5.53. The number of nitrogens with zero attached hydrogens (tertiary/aromatic N) is 1. The molecule has 0 aliphatic heterocycles. The Morgan fingerprint density at radius 1 is 0.741 bits per heavy atom. The number of rotatable bonds is 5. The van der Waals surface area contributed by atoms with Gasteiger partial charge in [0.1, 0.15) is 5.82 Å². The number of hydrogen-bond acceptors (Lipinski definition) is 5. The Balaban J connectivity index is 1.70. The van der Waals surface area contributed by atoms with Crippen LogP contribution < -0.4 is 15.7 Å². The van der Waals surface area contributed by atoms with Gasteiger partial charge in [-0.25, -0.2) is 4.98 Å². The van der Waals surface area contributed by atoms with Crippen molar-refractivity contribution in [2.75, 3.05) is 10.6 Å². The van der Waals surface area contributed by atoms with Gasteiger partial charge in [0, 0.05) is 28.6 Å². The zero-order chi connectivity index (χ0) is 19.2. The quantitative estimate of drug-likeness (QED) is 0.722. The van der Waals surface area contributed by atoms with Gasteiger partial charge in [-0.15, -0.1) is 0 Å². The van der Waals surface area contributed by atoms with E-state index >= 15 is 0 Å². The fraction of sp³-hybridized carbons (Fsp3) is 0. The van der Waals surface area contributed by atoms with Gasteiger partial charge in [0.05, 0.1) is 5.97 Å². The summed E-state index contributed by atoms with van der Waals surface area (Å²) in [6.07, 6.45) is 1.57. The van der Waals surface area contributed by atoms with Gasteiger partial charge < -0.3 is 20.5 Å². The summed E-state index contributed by atoms with van der Waals surface area (Å²) in [5, 5.41) is 16.4. The third-order valence-corrected chi connectivity index (χ3v) is 3.70. The second-order valence-electron chi connectivity index (χ2n) is 5.53. The fourth-order valence-electron chi connectivity index (χ4n) is 2.39. The molecule has 0 aliphatic carbocycles. The van der Waals surface area contributed by atoms with E-state index in [4.69, 9.17) is 0 Å². The average Bonchev–Trinajstić information content (AvgIpc) is 2.69. The van der Waals surface area contributed by atoms with E-state index in [2.05, 4.69) is 15.6 Å². The zero-order valence-corrected chi connectivity index (χ0v) is 14.0. The number of carboxylic acid groups (broad SMARTS) is 1. The number of anilines is 2. The van der Waals surface area contributed by atoms with Gasteiger partial charge in [-0.05, 0) is 42.5 Å². The highest BCUT2D eigenvalue weighted by molar-refractivity contribution is 6.10. The van der Waals surface area contributed by atoms with E-state index in [-0.39, 0.29) is 17.0 Å². The van der Waals surface area contributed by atoms with Crippen molar-refractivity contribution in [3.8, 4) is 0 Å². The van der Waals surface area contributed by atoms with Gasteiger partial charge in [0.15, 0.2) is 0 Å². The van der Waals surface area contributed by atoms with E-state index in [1.807, 2.05) is 0 Å². The lowest BCUT2D eigenvalue weighted by molar-refractivity contribution is -0.255. The van der Waals surface area contributed by atoms with Crippen molar-refractivity contribution in [3.05, 3.63) is 89.6 Å². The third-order valence-electron chi connectivity index (χ3n) is 3.70. The van der Waals surface area contributed by atoms with Crippen molar-refractivity contribution in [1.29, 1.82) is 0 Å². The van der Waals surface area contributed by atoms with E-state index in [0.29, 0.717) is 17.1 Å². The molecule has 134 valence electrons. The minimum atomic E-state index is -1.43. The lowest BCUT2D eigenvalue weighted by Crippen LogP contribution is -2.26. The second kappa shape index (κ2) is 7.92. The SMILES string of the molecule is O=C(Nc1ccccn1)c1ccc(NC(=O)c2ccccc2C(=O)[O-])cc1. The van der Waals surface area contributed by atoms with Gasteiger partial charge in [-0.2, -0.15) is 0 Å². The maximum Gasteiger partial charge on any atom is 0.256 e. The van der Waals surface area contributed by atoms with Crippen LogP contribution in [0.4, 0.5) is 11.5 Å². The number of amides is 2. The molecule has 0 atom stereocenters. The number of benzene rings is 2. The van der Waals surface area contributed by atoms with Gasteiger partial charge in [-0.3, -0.25) is 9.59 Å². The summed E-state index contributed by atoms with van der Waals surface area (Å²) < 4.78 is 0. The lowest BCUT2D eigenvalue weighted by atomic mass is 10.1. The van der Waals surface area contributed by atoms with E-state index < -0.39 is 11.9 Å². The largest absolute Gasteiger partial charge is 0.545 e. The van der Waals surface area contributed by atoms with Gasteiger partial charge in [0.2, 0.25) is 0 Å². The molecule has 0 bridgehead atoms. The van der Waals surface area contributed by atoms with Crippen molar-refractivity contribution in [1.82, 2.24) is 4.98 Å². The summed E-state index contributed by atoms with van der Waals surface area (Å²) in [6.45, 7) is 0. The summed E-state index contributed by atoms with van der Waals surface area (Å²) in [5.41, 5.74) is 0.604. The van der Waals surface area contributed by atoms with Crippen LogP contribution >= 0.6 is 0 Å². The molecule has 7 heteroatoms. The van der Waals surface area contributed by atoms with E-state index in [1.54, 1.807) is 54.7 Å². The molecule has 0 unspecified atom stereocenters. The predicted octanol–water partition coefficient (Wildman–Crippen LogP) is 1.95. The standard InChI is InChI=1S/C20H15N3O4/c24-18(23-17-7-3-4-12-21-17)13-8-10-14(11-9-13)22-19(25)15-5-1-2-6-16(15)20(26)27/h1-12H,(H,22,25)(H,26,27)(H,21,23,24)/p-1. The van der Waals surface area contributed by atoms with Crippen molar-refractivity contribution in [2.24, 2.45) is 0 Å². The minimum absolute atomic E-state index is 0.00512.